The van der Waals surface area contributed by atoms with Crippen LogP contribution in [0.5, 0.6) is 0 Å². The highest BCUT2D eigenvalue weighted by Crippen LogP contribution is 2.11. The Kier molecular flexibility index (Phi) is 8.52. The van der Waals surface area contributed by atoms with Crippen LogP contribution in [0.2, 0.25) is 0 Å². The lowest BCUT2D eigenvalue weighted by molar-refractivity contribution is -0.156. The van der Waals surface area contributed by atoms with Gasteiger partial charge in [-0.05, 0) is 12.8 Å². The molecule has 2 N–H and O–H groups in total. The van der Waals surface area contributed by atoms with Crippen LogP contribution in [0.15, 0.2) is 0 Å². The van der Waals surface area contributed by atoms with Gasteiger partial charge in [0.15, 0.2) is 0 Å². The van der Waals surface area contributed by atoms with Gasteiger partial charge in [-0.3, -0.25) is 4.79 Å². The Labute approximate surface area is 95.4 Å². The van der Waals surface area contributed by atoms with Crippen molar-refractivity contribution in [3.63, 3.8) is 0 Å². The summed E-state index contributed by atoms with van der Waals surface area (Å²) in [6, 6.07) is 0. The van der Waals surface area contributed by atoms with Crippen LogP contribution in [-0.4, -0.2) is 34.9 Å². The number of aliphatic hydroxyl groups is 1. The number of carbonyl (C=O) groups is 2. The van der Waals surface area contributed by atoms with E-state index < -0.39 is 24.6 Å². The van der Waals surface area contributed by atoms with Gasteiger partial charge in [0.2, 0.25) is 0 Å². The summed E-state index contributed by atoms with van der Waals surface area (Å²) < 4.78 is 4.82. The summed E-state index contributed by atoms with van der Waals surface area (Å²) in [7, 11) is 0. The van der Waals surface area contributed by atoms with Crippen LogP contribution >= 0.6 is 0 Å². The summed E-state index contributed by atoms with van der Waals surface area (Å²) in [5.74, 6) is -1.76. The van der Waals surface area contributed by atoms with Crippen molar-refractivity contribution in [3.05, 3.63) is 0 Å². The van der Waals surface area contributed by atoms with Crippen molar-refractivity contribution >= 4 is 11.9 Å². The minimum Gasteiger partial charge on any atom is -0.481 e. The highest BCUT2D eigenvalue weighted by atomic mass is 16.6. The second kappa shape index (κ2) is 9.15. The SMILES string of the molecule is CCCCCCC(CC(=O)O)OC(=O)CO. The number of ether oxygens (including phenoxy) is 1. The monoisotopic (exact) mass is 232 g/mol. The standard InChI is InChI=1S/C11H20O5/c1-2-3-4-5-6-9(7-10(13)14)16-11(15)8-12/h9,12H,2-8H2,1H3,(H,13,14). The van der Waals surface area contributed by atoms with Gasteiger partial charge < -0.3 is 14.9 Å². The van der Waals surface area contributed by atoms with Crippen molar-refractivity contribution in [2.75, 3.05) is 6.61 Å². The van der Waals surface area contributed by atoms with Gasteiger partial charge >= 0.3 is 11.9 Å². The van der Waals surface area contributed by atoms with Crippen LogP contribution < -0.4 is 0 Å². The lowest BCUT2D eigenvalue weighted by Crippen LogP contribution is -2.23. The molecule has 0 saturated heterocycles. The molecule has 16 heavy (non-hydrogen) atoms. The molecular formula is C11H20O5. The van der Waals surface area contributed by atoms with E-state index in [2.05, 4.69) is 6.92 Å². The second-order valence-corrected chi connectivity index (χ2v) is 3.72. The first-order chi connectivity index (χ1) is 7.60. The average Bonchev–Trinajstić information content (AvgIpc) is 2.23. The molecule has 0 saturated carbocycles. The number of hydrogen-bond acceptors (Lipinski definition) is 4. The minimum absolute atomic E-state index is 0.197. The lowest BCUT2D eigenvalue weighted by Gasteiger charge is -2.15. The Morgan fingerprint density at radius 3 is 2.44 bits per heavy atom. The van der Waals surface area contributed by atoms with Gasteiger partial charge in [0.25, 0.3) is 0 Å². The molecule has 0 rings (SSSR count). The van der Waals surface area contributed by atoms with Gasteiger partial charge in [-0.25, -0.2) is 4.79 Å². The topological polar surface area (TPSA) is 83.8 Å². The molecule has 0 bridgehead atoms. The van der Waals surface area contributed by atoms with E-state index in [4.69, 9.17) is 14.9 Å². The summed E-state index contributed by atoms with van der Waals surface area (Å²) in [5.41, 5.74) is 0. The molecule has 0 spiro atoms. The van der Waals surface area contributed by atoms with E-state index >= 15 is 0 Å². The maximum absolute atomic E-state index is 10.8. The van der Waals surface area contributed by atoms with Crippen LogP contribution in [0, 0.1) is 0 Å². The fraction of sp³-hybridized carbons (Fsp3) is 0.818. The molecule has 0 aromatic heterocycles. The first kappa shape index (κ1) is 14.9. The predicted octanol–water partition coefficient (Wildman–Crippen LogP) is 1.34. The quantitative estimate of drug-likeness (QED) is 0.463. The van der Waals surface area contributed by atoms with E-state index in [-0.39, 0.29) is 6.42 Å². The minimum atomic E-state index is -0.994. The van der Waals surface area contributed by atoms with Crippen molar-refractivity contribution in [3.8, 4) is 0 Å². The van der Waals surface area contributed by atoms with E-state index in [1.807, 2.05) is 0 Å². The molecule has 0 amide bonds. The number of rotatable bonds is 9. The van der Waals surface area contributed by atoms with Crippen molar-refractivity contribution in [2.45, 2.75) is 51.6 Å². The zero-order valence-corrected chi connectivity index (χ0v) is 9.65. The predicted molar refractivity (Wildman–Crippen MR) is 58.0 cm³/mol. The fourth-order valence-electron chi connectivity index (χ4n) is 1.42. The third kappa shape index (κ3) is 8.23. The number of aliphatic carboxylic acids is 1. The third-order valence-electron chi connectivity index (χ3n) is 2.21. The molecule has 94 valence electrons. The molecule has 5 heteroatoms. The van der Waals surface area contributed by atoms with Gasteiger partial charge in [0.1, 0.15) is 12.7 Å². The first-order valence-corrected chi connectivity index (χ1v) is 5.62. The molecule has 0 aliphatic rings. The maximum Gasteiger partial charge on any atom is 0.332 e. The van der Waals surface area contributed by atoms with Crippen LogP contribution in [0.3, 0.4) is 0 Å². The van der Waals surface area contributed by atoms with E-state index in [0.717, 1.165) is 25.7 Å². The van der Waals surface area contributed by atoms with Gasteiger partial charge in [-0.1, -0.05) is 26.2 Å². The Morgan fingerprint density at radius 2 is 1.94 bits per heavy atom. The van der Waals surface area contributed by atoms with Crippen molar-refractivity contribution in [1.82, 2.24) is 0 Å². The average molecular weight is 232 g/mol. The van der Waals surface area contributed by atoms with Gasteiger partial charge in [-0.2, -0.15) is 0 Å². The van der Waals surface area contributed by atoms with Crippen LogP contribution in [0.1, 0.15) is 45.4 Å². The fourth-order valence-corrected chi connectivity index (χ4v) is 1.42. The zero-order chi connectivity index (χ0) is 12.4. The highest BCUT2D eigenvalue weighted by molar-refractivity contribution is 5.72. The number of hydrogen-bond donors (Lipinski definition) is 2. The van der Waals surface area contributed by atoms with Crippen LogP contribution in [0.25, 0.3) is 0 Å². The van der Waals surface area contributed by atoms with Gasteiger partial charge in [0, 0.05) is 0 Å². The van der Waals surface area contributed by atoms with Gasteiger partial charge in [-0.15, -0.1) is 0 Å². The molecule has 1 unspecified atom stereocenters. The van der Waals surface area contributed by atoms with E-state index in [1.54, 1.807) is 0 Å². The number of carboxylic acid groups (broad SMARTS) is 1. The second-order valence-electron chi connectivity index (χ2n) is 3.72. The molecule has 0 fully saturated rings. The molecule has 0 heterocycles. The van der Waals surface area contributed by atoms with Crippen molar-refractivity contribution in [2.24, 2.45) is 0 Å². The maximum atomic E-state index is 10.8. The Morgan fingerprint density at radius 1 is 1.25 bits per heavy atom. The summed E-state index contributed by atoms with van der Waals surface area (Å²) in [5, 5.41) is 17.1. The van der Waals surface area contributed by atoms with Crippen molar-refractivity contribution < 1.29 is 24.5 Å². The van der Waals surface area contributed by atoms with E-state index in [1.165, 1.54) is 0 Å². The third-order valence-corrected chi connectivity index (χ3v) is 2.21. The smallest absolute Gasteiger partial charge is 0.332 e. The first-order valence-electron chi connectivity index (χ1n) is 5.62. The summed E-state index contributed by atoms with van der Waals surface area (Å²) in [6.45, 7) is 1.38. The molecule has 0 radical (unpaired) electrons. The molecule has 5 nitrogen and oxygen atoms in total. The Balaban J connectivity index is 3.90. The molecule has 0 aromatic carbocycles. The summed E-state index contributed by atoms with van der Waals surface area (Å²) >= 11 is 0. The normalized spacial score (nSPS) is 12.1. The molecule has 1 atom stereocenters. The van der Waals surface area contributed by atoms with Crippen LogP contribution in [0.4, 0.5) is 0 Å². The molecular weight excluding hydrogens is 212 g/mol. The Hall–Kier alpha value is -1.10. The van der Waals surface area contributed by atoms with Crippen molar-refractivity contribution in [1.29, 1.82) is 0 Å². The van der Waals surface area contributed by atoms with E-state index in [0.29, 0.717) is 6.42 Å². The summed E-state index contributed by atoms with van der Waals surface area (Å²) in [4.78, 5) is 21.3. The van der Waals surface area contributed by atoms with Crippen LogP contribution in [-0.2, 0) is 14.3 Å². The highest BCUT2D eigenvalue weighted by Gasteiger charge is 2.17. The number of unbranched alkanes of at least 4 members (excludes halogenated alkanes) is 3. The number of carboxylic acids is 1. The lowest BCUT2D eigenvalue weighted by atomic mass is 10.1. The molecule has 0 aliphatic carbocycles. The molecule has 0 aromatic rings. The Bertz CT molecular complexity index is 214. The van der Waals surface area contributed by atoms with E-state index in [9.17, 15) is 9.59 Å². The molecule has 0 aliphatic heterocycles. The largest absolute Gasteiger partial charge is 0.481 e. The number of aliphatic hydroxyl groups excluding tert-OH is 1. The summed E-state index contributed by atoms with van der Waals surface area (Å²) in [6.07, 6.45) is 3.76. The van der Waals surface area contributed by atoms with Gasteiger partial charge in [0.05, 0.1) is 6.42 Å². The number of esters is 1. The zero-order valence-electron chi connectivity index (χ0n) is 9.65. The number of carbonyl (C=O) groups excluding carboxylic acids is 1.